The van der Waals surface area contributed by atoms with Crippen LogP contribution >= 0.6 is 0 Å². The average molecular weight is 1110 g/mol. The molecule has 7 nitrogen and oxygen atoms in total. The van der Waals surface area contributed by atoms with Gasteiger partial charge in [-0.3, -0.25) is 9.59 Å². The lowest BCUT2D eigenvalue weighted by atomic mass is 9.71. The van der Waals surface area contributed by atoms with Crippen LogP contribution in [0.3, 0.4) is 0 Å². The van der Waals surface area contributed by atoms with Crippen molar-refractivity contribution in [1.82, 2.24) is 0 Å². The van der Waals surface area contributed by atoms with Crippen molar-refractivity contribution in [3.63, 3.8) is 0 Å². The van der Waals surface area contributed by atoms with Gasteiger partial charge in [0.25, 0.3) is 0 Å². The molecule has 8 heteroatoms. The molecule has 0 saturated heterocycles. The maximum absolute atomic E-state index is 12.7. The summed E-state index contributed by atoms with van der Waals surface area (Å²) in [6.07, 6.45) is 16.0. The predicted octanol–water partition coefficient (Wildman–Crippen LogP) is 16.1. The monoisotopic (exact) mass is 1100 g/mol. The highest BCUT2D eigenvalue weighted by molar-refractivity contribution is 6.28. The highest BCUT2D eigenvalue weighted by Crippen LogP contribution is 2.47. The molecule has 0 saturated carbocycles. The number of hydrogen-bond acceptors (Lipinski definition) is 5. The van der Waals surface area contributed by atoms with Crippen molar-refractivity contribution in [2.45, 2.75) is 157 Å². The van der Waals surface area contributed by atoms with Crippen molar-refractivity contribution < 1.29 is 33.3 Å². The summed E-state index contributed by atoms with van der Waals surface area (Å²) in [7, 11) is -2.40. The van der Waals surface area contributed by atoms with Gasteiger partial charge in [-0.05, 0) is 61.6 Å². The first kappa shape index (κ1) is 66.5. The number of ketones is 2. The third kappa shape index (κ3) is 20.3. The molecule has 0 aliphatic carbocycles. The number of rotatable bonds is 33. The number of nitrogens with zero attached hydrogens (tertiary/aromatic N) is 2. The molecule has 7 aromatic rings. The Morgan fingerprint density at radius 1 is 0.390 bits per heavy atom. The van der Waals surface area contributed by atoms with E-state index in [4.69, 9.17) is 4.65 Å². The Balaban J connectivity index is 0.000000226. The van der Waals surface area contributed by atoms with Crippen LogP contribution in [0.25, 0.3) is 0 Å². The van der Waals surface area contributed by atoms with E-state index in [0.29, 0.717) is 6.42 Å². The van der Waals surface area contributed by atoms with E-state index >= 15 is 0 Å². The molecule has 1 atom stereocenters. The van der Waals surface area contributed by atoms with E-state index in [2.05, 4.69) is 65.8 Å². The number of carbonyl (C=O) groups excluding carboxylic acids is 2. The Labute approximate surface area is 495 Å². The second kappa shape index (κ2) is 36.4. The minimum Gasteiger partial charge on any atom is -0.871 e. The minimum absolute atomic E-state index is 0.107. The zero-order chi connectivity index (χ0) is 58.9. The molecule has 0 bridgehead atoms. The average Bonchev–Trinajstić information content (AvgIpc) is 3.59. The van der Waals surface area contributed by atoms with Gasteiger partial charge in [-0.2, -0.15) is 0 Å². The van der Waals surface area contributed by atoms with Crippen LogP contribution in [0.15, 0.2) is 200 Å². The van der Waals surface area contributed by atoms with E-state index in [9.17, 15) is 19.6 Å². The van der Waals surface area contributed by atoms with Crippen molar-refractivity contribution in [1.29, 1.82) is 0 Å². The van der Waals surface area contributed by atoms with Crippen molar-refractivity contribution in [3.8, 4) is 0 Å². The summed E-state index contributed by atoms with van der Waals surface area (Å²) in [5, 5.41) is 23.5. The third-order valence-corrected chi connectivity index (χ3v) is 16.2. The highest BCUT2D eigenvalue weighted by Gasteiger charge is 2.42. The number of unbranched alkanes of at least 4 members (excludes halogenated alkanes) is 6. The summed E-state index contributed by atoms with van der Waals surface area (Å²) in [5.41, 5.74) is 7.28. The second-order valence-electron chi connectivity index (χ2n) is 22.5. The van der Waals surface area contributed by atoms with Crippen LogP contribution in [0.2, 0.25) is 0 Å². The van der Waals surface area contributed by atoms with Gasteiger partial charge in [0.2, 0.25) is 0 Å². The molecule has 0 aromatic heterocycles. The van der Waals surface area contributed by atoms with Gasteiger partial charge in [-0.1, -0.05) is 287 Å². The van der Waals surface area contributed by atoms with E-state index in [-0.39, 0.29) is 17.5 Å². The summed E-state index contributed by atoms with van der Waals surface area (Å²) in [4.78, 5) is 25.3. The molecule has 436 valence electrons. The normalized spacial score (nSPS) is 11.9. The predicted molar refractivity (Wildman–Crippen MR) is 339 cm³/mol. The number of hydrogen-bond donors (Lipinski definition) is 0. The van der Waals surface area contributed by atoms with Crippen molar-refractivity contribution in [3.05, 3.63) is 250 Å². The van der Waals surface area contributed by atoms with Crippen molar-refractivity contribution in [2.75, 3.05) is 39.3 Å². The van der Waals surface area contributed by atoms with Gasteiger partial charge in [0, 0.05) is 39.3 Å². The van der Waals surface area contributed by atoms with E-state index in [1.54, 1.807) is 0 Å². The first-order valence-corrected chi connectivity index (χ1v) is 31.2. The van der Waals surface area contributed by atoms with Crippen molar-refractivity contribution in [2.24, 2.45) is 0 Å². The largest absolute Gasteiger partial charge is 0.871 e. The molecule has 0 fully saturated rings. The first-order chi connectivity index (χ1) is 40.0. The molecule has 0 radical (unpaired) electrons. The Bertz CT molecular complexity index is 2590. The summed E-state index contributed by atoms with van der Waals surface area (Å²) in [5.74, 6) is 0.0330. The molecular weight excluding hydrogens is 1010 g/mol. The standard InChI is InChI=1S/2C26H38NO.C22H21BO3/c2*1-4-7-19-27(20-8-5-2,21-9-6-3)22-23-15-17-25(18-16-23)26(28)24-13-11-10-12-14-24;1-2-21(18-12-6-3-7-13-18)22(26-23(24)25,19-14-8-4-9-15-19)20-16-10-5-11-17-20/h2*10-18H,4-9,19-22H2,1-3H3;3-17,21H,2H2,1H3/q2*+1;-2. The SMILES string of the molecule is CCC(c1ccccc1)C(OB([O-])[O-])(c1ccccc1)c1ccccc1.CCCC[N+](CCCC)(CCCC)Cc1ccc(C(=O)c2ccccc2)cc1.CCCC[N+](CCCC)(CCCC)Cc1ccc(C(=O)c2ccccc2)cc1. The maximum atomic E-state index is 12.7. The van der Waals surface area contributed by atoms with Crippen LogP contribution in [0.1, 0.15) is 198 Å². The summed E-state index contributed by atoms with van der Waals surface area (Å²) in [6.45, 7) is 25.5. The molecule has 7 aromatic carbocycles. The molecule has 0 aliphatic rings. The molecule has 0 aliphatic heterocycles. The molecule has 7 rings (SSSR count). The van der Waals surface area contributed by atoms with Crippen LogP contribution < -0.4 is 10.0 Å². The molecular formula is C74H97BN2O5. The third-order valence-electron chi connectivity index (χ3n) is 16.2. The molecule has 0 amide bonds. The van der Waals surface area contributed by atoms with Crippen LogP contribution in [-0.2, 0) is 23.3 Å². The molecule has 0 heterocycles. The minimum atomic E-state index is -2.40. The van der Waals surface area contributed by atoms with E-state index in [1.165, 1.54) is 136 Å². The van der Waals surface area contributed by atoms with E-state index in [0.717, 1.165) is 52.0 Å². The van der Waals surface area contributed by atoms with Crippen LogP contribution in [0.4, 0.5) is 0 Å². The maximum Gasteiger partial charge on any atom is 0.193 e. The quantitative estimate of drug-likeness (QED) is 0.0232. The van der Waals surface area contributed by atoms with Gasteiger partial charge in [0.05, 0.1) is 46.6 Å². The lowest BCUT2D eigenvalue weighted by Crippen LogP contribution is -2.55. The zero-order valence-electron chi connectivity index (χ0n) is 51.0. The topological polar surface area (TPSA) is 89.5 Å². The smallest absolute Gasteiger partial charge is 0.193 e. The summed E-state index contributed by atoms with van der Waals surface area (Å²) in [6, 6.07) is 64.9. The summed E-state index contributed by atoms with van der Waals surface area (Å²) < 4.78 is 8.10. The molecule has 82 heavy (non-hydrogen) atoms. The highest BCUT2D eigenvalue weighted by atomic mass is 16.6. The lowest BCUT2D eigenvalue weighted by molar-refractivity contribution is -0.941. The van der Waals surface area contributed by atoms with Gasteiger partial charge in [0.1, 0.15) is 18.7 Å². The Kier molecular flexibility index (Phi) is 29.5. The number of benzene rings is 7. The van der Waals surface area contributed by atoms with Gasteiger partial charge < -0.3 is 23.7 Å². The Morgan fingerprint density at radius 2 is 0.659 bits per heavy atom. The molecule has 0 N–H and O–H groups in total. The van der Waals surface area contributed by atoms with Crippen molar-refractivity contribution >= 4 is 18.9 Å². The first-order valence-electron chi connectivity index (χ1n) is 31.2. The lowest BCUT2D eigenvalue weighted by Gasteiger charge is -2.48. The fraction of sp³-hybridized carbons (Fsp3) is 0.405. The Hall–Kier alpha value is -6.26. The van der Waals surface area contributed by atoms with Crippen LogP contribution in [0, 0.1) is 0 Å². The fourth-order valence-electron chi connectivity index (χ4n) is 11.7. The zero-order valence-corrected chi connectivity index (χ0v) is 51.0. The van der Waals surface area contributed by atoms with Gasteiger partial charge >= 0.3 is 0 Å². The summed E-state index contributed by atoms with van der Waals surface area (Å²) >= 11 is 0. The number of quaternary nitrogens is 2. The fourth-order valence-corrected chi connectivity index (χ4v) is 11.7. The van der Waals surface area contributed by atoms with E-state index < -0.39 is 12.9 Å². The van der Waals surface area contributed by atoms with Gasteiger partial charge in [-0.15, -0.1) is 0 Å². The second-order valence-corrected chi connectivity index (χ2v) is 22.5. The molecule has 0 spiro atoms. The van der Waals surface area contributed by atoms with Gasteiger partial charge in [0.15, 0.2) is 11.6 Å². The van der Waals surface area contributed by atoms with Crippen LogP contribution in [0.5, 0.6) is 0 Å². The van der Waals surface area contributed by atoms with Gasteiger partial charge in [-0.25, -0.2) is 0 Å². The van der Waals surface area contributed by atoms with E-state index in [1.807, 2.05) is 183 Å². The number of carbonyl (C=O) groups is 2. The molecule has 1 unspecified atom stereocenters. The Morgan fingerprint density at radius 3 is 0.927 bits per heavy atom. The van der Waals surface area contributed by atoms with Crippen LogP contribution in [-0.4, -0.2) is 67.1 Å².